The van der Waals surface area contributed by atoms with Gasteiger partial charge in [0.05, 0.1) is 12.0 Å². The van der Waals surface area contributed by atoms with Crippen LogP contribution in [0, 0.1) is 11.3 Å². The molecule has 1 saturated carbocycles. The fourth-order valence-corrected chi connectivity index (χ4v) is 2.90. The number of ether oxygens (including phenoxy) is 1. The lowest BCUT2D eigenvalue weighted by Gasteiger charge is -2.51. The molecule has 0 spiro atoms. The van der Waals surface area contributed by atoms with Gasteiger partial charge >= 0.3 is 0 Å². The number of hydrogen-bond donors (Lipinski definition) is 2. The number of nitrogens with one attached hydrogen (secondary N) is 2. The second-order valence-electron chi connectivity index (χ2n) is 5.89. The molecule has 2 fully saturated rings. The Morgan fingerprint density at radius 3 is 2.76 bits per heavy atom. The van der Waals surface area contributed by atoms with Crippen LogP contribution in [0.4, 0.5) is 0 Å². The van der Waals surface area contributed by atoms with Crippen molar-refractivity contribution in [1.82, 2.24) is 10.6 Å². The van der Waals surface area contributed by atoms with Gasteiger partial charge in [-0.3, -0.25) is 4.79 Å². The van der Waals surface area contributed by atoms with Crippen LogP contribution in [0.5, 0.6) is 0 Å². The molecule has 2 aliphatic rings. The van der Waals surface area contributed by atoms with E-state index in [1.165, 1.54) is 0 Å². The molecule has 0 aromatic heterocycles. The number of rotatable bonds is 3. The fraction of sp³-hybridized carbons (Fsp3) is 0.923. The van der Waals surface area contributed by atoms with Crippen molar-refractivity contribution in [3.63, 3.8) is 0 Å². The molecule has 0 aromatic carbocycles. The first kappa shape index (κ1) is 12.8. The smallest absolute Gasteiger partial charge is 0.224 e. The Kier molecular flexibility index (Phi) is 3.73. The lowest BCUT2D eigenvalue weighted by atomic mass is 9.64. The van der Waals surface area contributed by atoms with Crippen LogP contribution in [0.1, 0.15) is 33.1 Å². The number of hydrogen-bond acceptors (Lipinski definition) is 3. The summed E-state index contributed by atoms with van der Waals surface area (Å²) in [6, 6.07) is 0.266. The van der Waals surface area contributed by atoms with Gasteiger partial charge < -0.3 is 15.4 Å². The van der Waals surface area contributed by atoms with E-state index in [0.717, 1.165) is 32.4 Å². The maximum absolute atomic E-state index is 12.1. The highest BCUT2D eigenvalue weighted by Gasteiger charge is 2.49. The Morgan fingerprint density at radius 1 is 1.47 bits per heavy atom. The van der Waals surface area contributed by atoms with Gasteiger partial charge in [-0.15, -0.1) is 0 Å². The summed E-state index contributed by atoms with van der Waals surface area (Å²) in [5, 5.41) is 6.46. The van der Waals surface area contributed by atoms with Crippen LogP contribution in [-0.2, 0) is 9.53 Å². The van der Waals surface area contributed by atoms with E-state index in [4.69, 9.17) is 4.74 Å². The van der Waals surface area contributed by atoms with Crippen LogP contribution in [0.25, 0.3) is 0 Å². The molecule has 4 heteroatoms. The highest BCUT2D eigenvalue weighted by atomic mass is 16.5. The molecule has 3 atom stereocenters. The second kappa shape index (κ2) is 4.94. The van der Waals surface area contributed by atoms with Gasteiger partial charge in [-0.2, -0.15) is 0 Å². The van der Waals surface area contributed by atoms with E-state index >= 15 is 0 Å². The first-order chi connectivity index (χ1) is 8.05. The molecule has 1 heterocycles. The Balaban J connectivity index is 1.83. The first-order valence-electron chi connectivity index (χ1n) is 6.59. The van der Waals surface area contributed by atoms with Crippen molar-refractivity contribution in [2.45, 2.75) is 45.3 Å². The number of carbonyl (C=O) groups is 1. The second-order valence-corrected chi connectivity index (χ2v) is 5.89. The summed E-state index contributed by atoms with van der Waals surface area (Å²) < 4.78 is 5.40. The van der Waals surface area contributed by atoms with Crippen LogP contribution in [-0.4, -0.2) is 38.3 Å². The van der Waals surface area contributed by atoms with Gasteiger partial charge in [0.1, 0.15) is 0 Å². The molecule has 0 bridgehead atoms. The number of piperidine rings is 1. The number of carbonyl (C=O) groups excluding carboxylic acids is 1. The third-order valence-electron chi connectivity index (χ3n) is 4.45. The van der Waals surface area contributed by atoms with Crippen molar-refractivity contribution in [3.05, 3.63) is 0 Å². The van der Waals surface area contributed by atoms with Crippen molar-refractivity contribution < 1.29 is 9.53 Å². The summed E-state index contributed by atoms with van der Waals surface area (Å²) >= 11 is 0. The minimum absolute atomic E-state index is 0.0620. The Labute approximate surface area is 103 Å². The first-order valence-corrected chi connectivity index (χ1v) is 6.59. The van der Waals surface area contributed by atoms with E-state index in [1.54, 1.807) is 7.11 Å². The highest BCUT2D eigenvalue weighted by molar-refractivity contribution is 5.79. The minimum atomic E-state index is 0.0620. The van der Waals surface area contributed by atoms with Crippen LogP contribution in [0.3, 0.4) is 0 Å². The molecule has 2 unspecified atom stereocenters. The van der Waals surface area contributed by atoms with Crippen molar-refractivity contribution in [1.29, 1.82) is 0 Å². The SMILES string of the molecule is COC1CC(NC(=O)[C@H]2CCCNC2)C1(C)C. The molecule has 1 aliphatic heterocycles. The van der Waals surface area contributed by atoms with Gasteiger partial charge in [-0.25, -0.2) is 0 Å². The fourth-order valence-electron chi connectivity index (χ4n) is 2.90. The van der Waals surface area contributed by atoms with E-state index in [0.29, 0.717) is 0 Å². The van der Waals surface area contributed by atoms with Gasteiger partial charge in [0, 0.05) is 25.1 Å². The van der Waals surface area contributed by atoms with E-state index in [1.807, 2.05) is 0 Å². The third kappa shape index (κ3) is 2.47. The molecule has 0 aromatic rings. The molecule has 0 radical (unpaired) electrons. The summed E-state index contributed by atoms with van der Waals surface area (Å²) in [4.78, 5) is 12.1. The van der Waals surface area contributed by atoms with Gasteiger partial charge in [0.25, 0.3) is 0 Å². The predicted molar refractivity (Wildman–Crippen MR) is 66.7 cm³/mol. The molecule has 1 saturated heterocycles. The van der Waals surface area contributed by atoms with Crippen molar-refractivity contribution >= 4 is 5.91 Å². The Bertz CT molecular complexity index is 285. The monoisotopic (exact) mass is 240 g/mol. The average molecular weight is 240 g/mol. The molecular weight excluding hydrogens is 216 g/mol. The molecule has 17 heavy (non-hydrogen) atoms. The minimum Gasteiger partial charge on any atom is -0.381 e. The molecule has 98 valence electrons. The Hall–Kier alpha value is -0.610. The average Bonchev–Trinajstić information content (AvgIpc) is 2.34. The van der Waals surface area contributed by atoms with Gasteiger partial charge in [-0.05, 0) is 25.8 Å². The molecule has 1 amide bonds. The van der Waals surface area contributed by atoms with Crippen LogP contribution >= 0.6 is 0 Å². The molecule has 2 N–H and O–H groups in total. The molecule has 4 nitrogen and oxygen atoms in total. The summed E-state index contributed by atoms with van der Waals surface area (Å²) in [5.41, 5.74) is 0.0620. The summed E-state index contributed by atoms with van der Waals surface area (Å²) in [5.74, 6) is 0.367. The maximum Gasteiger partial charge on any atom is 0.224 e. The van der Waals surface area contributed by atoms with E-state index < -0.39 is 0 Å². The summed E-state index contributed by atoms with van der Waals surface area (Å²) in [6.07, 6.45) is 3.33. The van der Waals surface area contributed by atoms with Crippen LogP contribution in [0.2, 0.25) is 0 Å². The molecule has 2 rings (SSSR count). The number of amides is 1. The Morgan fingerprint density at radius 2 is 2.24 bits per heavy atom. The summed E-state index contributed by atoms with van der Waals surface area (Å²) in [7, 11) is 1.75. The quantitative estimate of drug-likeness (QED) is 0.771. The highest BCUT2D eigenvalue weighted by Crippen LogP contribution is 2.42. The zero-order chi connectivity index (χ0) is 12.5. The van der Waals surface area contributed by atoms with E-state index in [-0.39, 0.29) is 29.4 Å². The van der Waals surface area contributed by atoms with Gasteiger partial charge in [0.15, 0.2) is 0 Å². The van der Waals surface area contributed by atoms with Crippen LogP contribution < -0.4 is 10.6 Å². The van der Waals surface area contributed by atoms with Crippen molar-refractivity contribution in [2.75, 3.05) is 20.2 Å². The maximum atomic E-state index is 12.1. The van der Waals surface area contributed by atoms with Crippen molar-refractivity contribution in [2.24, 2.45) is 11.3 Å². The molecular formula is C13H24N2O2. The summed E-state index contributed by atoms with van der Waals surface area (Å²) in [6.45, 7) is 6.20. The van der Waals surface area contributed by atoms with Crippen molar-refractivity contribution in [3.8, 4) is 0 Å². The zero-order valence-electron chi connectivity index (χ0n) is 11.1. The topological polar surface area (TPSA) is 50.4 Å². The normalized spacial score (nSPS) is 36.1. The standard InChI is InChI=1S/C13H24N2O2/c1-13(2)10(7-11(13)17-3)15-12(16)9-5-4-6-14-8-9/h9-11,14H,4-8H2,1-3H3,(H,15,16)/t9-,10?,11?/m0/s1. The largest absolute Gasteiger partial charge is 0.381 e. The van der Waals surface area contributed by atoms with Gasteiger partial charge in [0.2, 0.25) is 5.91 Å². The van der Waals surface area contributed by atoms with E-state index in [2.05, 4.69) is 24.5 Å². The third-order valence-corrected chi connectivity index (χ3v) is 4.45. The van der Waals surface area contributed by atoms with Gasteiger partial charge in [-0.1, -0.05) is 13.8 Å². The predicted octanol–water partition coefficient (Wildman–Crippen LogP) is 0.916. The lowest BCUT2D eigenvalue weighted by molar-refractivity contribution is -0.136. The van der Waals surface area contributed by atoms with E-state index in [9.17, 15) is 4.79 Å². The zero-order valence-corrected chi connectivity index (χ0v) is 11.1. The van der Waals surface area contributed by atoms with Crippen LogP contribution in [0.15, 0.2) is 0 Å². The number of methoxy groups -OCH3 is 1. The lowest BCUT2D eigenvalue weighted by Crippen LogP contribution is -2.62. The molecule has 1 aliphatic carbocycles.